The highest BCUT2D eigenvalue weighted by atomic mass is 32.2. The standard InChI is InChI=1S/C25H22N2O2S/c1-16-12-13-21-19(14-16)23(30-25-26-20-10-6-7-11-22(20)29-25)15-17(2)27(21)24(28)18-8-4-3-5-9-18/h3-14,17,23H,15H2,1-2H3/t17-,23+/m1/s1. The molecule has 150 valence electrons. The van der Waals surface area contributed by atoms with E-state index in [0.717, 1.165) is 28.8 Å². The van der Waals surface area contributed by atoms with Gasteiger partial charge in [0.05, 0.1) is 0 Å². The maximum absolute atomic E-state index is 13.3. The quantitative estimate of drug-likeness (QED) is 0.389. The van der Waals surface area contributed by atoms with E-state index in [9.17, 15) is 4.79 Å². The van der Waals surface area contributed by atoms with Gasteiger partial charge < -0.3 is 9.32 Å². The topological polar surface area (TPSA) is 46.3 Å². The first kappa shape index (κ1) is 18.9. The van der Waals surface area contributed by atoms with Crippen molar-refractivity contribution in [2.75, 3.05) is 4.90 Å². The van der Waals surface area contributed by atoms with Crippen LogP contribution in [-0.4, -0.2) is 16.9 Å². The number of hydrogen-bond acceptors (Lipinski definition) is 4. The molecule has 30 heavy (non-hydrogen) atoms. The summed E-state index contributed by atoms with van der Waals surface area (Å²) < 4.78 is 5.97. The average molecular weight is 415 g/mol. The molecule has 0 spiro atoms. The van der Waals surface area contributed by atoms with Crippen molar-refractivity contribution in [1.29, 1.82) is 0 Å². The van der Waals surface area contributed by atoms with Crippen LogP contribution in [0.25, 0.3) is 11.1 Å². The third kappa shape index (κ3) is 3.39. The second-order valence-electron chi connectivity index (χ2n) is 7.74. The van der Waals surface area contributed by atoms with Crippen molar-refractivity contribution in [3.63, 3.8) is 0 Å². The molecule has 0 aliphatic carbocycles. The number of carbonyl (C=O) groups is 1. The van der Waals surface area contributed by atoms with Crippen molar-refractivity contribution in [3.8, 4) is 0 Å². The summed E-state index contributed by atoms with van der Waals surface area (Å²) in [6, 6.07) is 23.7. The van der Waals surface area contributed by atoms with Gasteiger partial charge in [-0.25, -0.2) is 4.98 Å². The molecule has 1 aliphatic rings. The van der Waals surface area contributed by atoms with Gasteiger partial charge >= 0.3 is 0 Å². The van der Waals surface area contributed by atoms with E-state index < -0.39 is 0 Å². The van der Waals surface area contributed by atoms with Crippen LogP contribution in [0.2, 0.25) is 0 Å². The fourth-order valence-electron chi connectivity index (χ4n) is 4.09. The third-order valence-electron chi connectivity index (χ3n) is 5.54. The minimum Gasteiger partial charge on any atom is -0.431 e. The minimum atomic E-state index is 0.0403. The number of fused-ring (bicyclic) bond motifs is 2. The van der Waals surface area contributed by atoms with Gasteiger partial charge in [-0.05, 0) is 56.2 Å². The van der Waals surface area contributed by atoms with Crippen molar-refractivity contribution in [2.45, 2.75) is 36.8 Å². The number of aryl methyl sites for hydroxylation is 1. The Kier molecular flexibility index (Phi) is 4.83. The molecule has 0 radical (unpaired) electrons. The van der Waals surface area contributed by atoms with E-state index in [1.54, 1.807) is 11.8 Å². The highest BCUT2D eigenvalue weighted by molar-refractivity contribution is 7.99. The number of aromatic nitrogens is 1. The summed E-state index contributed by atoms with van der Waals surface area (Å²) in [5.41, 5.74) is 5.69. The molecule has 2 heterocycles. The molecule has 0 saturated heterocycles. The number of hydrogen-bond donors (Lipinski definition) is 0. The summed E-state index contributed by atoms with van der Waals surface area (Å²) in [6.07, 6.45) is 0.832. The molecule has 1 aromatic heterocycles. The Hall–Kier alpha value is -3.05. The summed E-state index contributed by atoms with van der Waals surface area (Å²) in [6.45, 7) is 4.20. The van der Waals surface area contributed by atoms with Gasteiger partial charge in [0, 0.05) is 22.5 Å². The highest BCUT2D eigenvalue weighted by Crippen LogP contribution is 2.48. The first-order chi connectivity index (χ1) is 14.6. The molecule has 1 amide bonds. The van der Waals surface area contributed by atoms with E-state index in [1.807, 2.05) is 59.5 Å². The Labute approximate surface area is 179 Å². The second-order valence-corrected chi connectivity index (χ2v) is 8.90. The maximum atomic E-state index is 13.3. The van der Waals surface area contributed by atoms with Gasteiger partial charge in [-0.1, -0.05) is 59.8 Å². The number of benzene rings is 3. The Morgan fingerprint density at radius 2 is 1.83 bits per heavy atom. The molecule has 0 bridgehead atoms. The van der Waals surface area contributed by atoms with E-state index in [0.29, 0.717) is 10.8 Å². The molecule has 0 saturated carbocycles. The number of thioether (sulfide) groups is 1. The van der Waals surface area contributed by atoms with Gasteiger partial charge in [-0.2, -0.15) is 0 Å². The summed E-state index contributed by atoms with van der Waals surface area (Å²) in [4.78, 5) is 19.9. The van der Waals surface area contributed by atoms with E-state index in [4.69, 9.17) is 4.42 Å². The third-order valence-corrected chi connectivity index (χ3v) is 6.65. The number of rotatable bonds is 3. The highest BCUT2D eigenvalue weighted by Gasteiger charge is 2.35. The predicted molar refractivity (Wildman–Crippen MR) is 121 cm³/mol. The zero-order valence-electron chi connectivity index (χ0n) is 16.9. The molecule has 5 rings (SSSR count). The Balaban J connectivity index is 1.52. The summed E-state index contributed by atoms with van der Waals surface area (Å²) in [5.74, 6) is 0.0403. The Morgan fingerprint density at radius 1 is 1.07 bits per heavy atom. The molecule has 2 atom stereocenters. The lowest BCUT2D eigenvalue weighted by atomic mass is 9.94. The maximum Gasteiger partial charge on any atom is 0.258 e. The van der Waals surface area contributed by atoms with Crippen LogP contribution in [0.15, 0.2) is 82.4 Å². The number of anilines is 1. The van der Waals surface area contributed by atoms with Gasteiger partial charge in [0.1, 0.15) is 5.52 Å². The van der Waals surface area contributed by atoms with Crippen LogP contribution in [0.4, 0.5) is 5.69 Å². The molecule has 4 nitrogen and oxygen atoms in total. The van der Waals surface area contributed by atoms with Crippen LogP contribution >= 0.6 is 11.8 Å². The van der Waals surface area contributed by atoms with Gasteiger partial charge in [0.2, 0.25) is 0 Å². The number of nitrogens with zero attached hydrogens (tertiary/aromatic N) is 2. The number of para-hydroxylation sites is 2. The van der Waals surface area contributed by atoms with Crippen LogP contribution < -0.4 is 4.90 Å². The van der Waals surface area contributed by atoms with Crippen LogP contribution in [0, 0.1) is 6.92 Å². The number of amides is 1. The normalized spacial score (nSPS) is 18.4. The summed E-state index contributed by atoms with van der Waals surface area (Å²) in [5, 5.41) is 0.839. The smallest absolute Gasteiger partial charge is 0.258 e. The first-order valence-corrected chi connectivity index (χ1v) is 11.0. The largest absolute Gasteiger partial charge is 0.431 e. The summed E-state index contributed by atoms with van der Waals surface area (Å²) in [7, 11) is 0. The molecule has 1 aliphatic heterocycles. The first-order valence-electron chi connectivity index (χ1n) is 10.1. The van der Waals surface area contributed by atoms with Crippen molar-refractivity contribution in [3.05, 3.63) is 89.5 Å². The average Bonchev–Trinajstić information content (AvgIpc) is 3.17. The van der Waals surface area contributed by atoms with Gasteiger partial charge in [0.25, 0.3) is 11.1 Å². The fourth-order valence-corrected chi connectivity index (χ4v) is 5.32. The van der Waals surface area contributed by atoms with Crippen molar-refractivity contribution < 1.29 is 9.21 Å². The minimum absolute atomic E-state index is 0.0403. The predicted octanol–water partition coefficient (Wildman–Crippen LogP) is 6.41. The van der Waals surface area contributed by atoms with Crippen LogP contribution in [0.1, 0.15) is 40.1 Å². The second kappa shape index (κ2) is 7.65. The molecule has 3 aromatic carbocycles. The lowest BCUT2D eigenvalue weighted by molar-refractivity contribution is 0.0975. The van der Waals surface area contributed by atoms with Crippen molar-refractivity contribution >= 4 is 34.5 Å². The van der Waals surface area contributed by atoms with Gasteiger partial charge in [-0.3, -0.25) is 4.79 Å². The van der Waals surface area contributed by atoms with Gasteiger partial charge in [-0.15, -0.1) is 0 Å². The van der Waals surface area contributed by atoms with E-state index >= 15 is 0 Å². The van der Waals surface area contributed by atoms with E-state index in [-0.39, 0.29) is 17.2 Å². The van der Waals surface area contributed by atoms with Crippen molar-refractivity contribution in [1.82, 2.24) is 4.98 Å². The monoisotopic (exact) mass is 414 g/mol. The number of oxazole rings is 1. The molecule has 0 fully saturated rings. The molecular formula is C25H22N2O2S. The van der Waals surface area contributed by atoms with E-state index in [1.165, 1.54) is 5.56 Å². The molecule has 4 aromatic rings. The SMILES string of the molecule is Cc1ccc2c(c1)[C@@H](Sc1nc3ccccc3o1)C[C@@H](C)N2C(=O)c1ccccc1. The lowest BCUT2D eigenvalue weighted by Crippen LogP contribution is -2.43. The van der Waals surface area contributed by atoms with Crippen LogP contribution in [0.3, 0.4) is 0 Å². The molecule has 0 unspecified atom stereocenters. The molecule has 0 N–H and O–H groups in total. The molecule has 5 heteroatoms. The zero-order valence-corrected chi connectivity index (χ0v) is 17.7. The molecular weight excluding hydrogens is 392 g/mol. The zero-order chi connectivity index (χ0) is 20.7. The van der Waals surface area contributed by atoms with Crippen LogP contribution in [-0.2, 0) is 0 Å². The number of carbonyl (C=O) groups excluding carboxylic acids is 1. The van der Waals surface area contributed by atoms with E-state index in [2.05, 4.69) is 37.0 Å². The van der Waals surface area contributed by atoms with Crippen molar-refractivity contribution in [2.24, 2.45) is 0 Å². The Morgan fingerprint density at radius 3 is 2.63 bits per heavy atom. The lowest BCUT2D eigenvalue weighted by Gasteiger charge is -2.39. The fraction of sp³-hybridized carbons (Fsp3) is 0.200. The van der Waals surface area contributed by atoms with Crippen LogP contribution in [0.5, 0.6) is 0 Å². The Bertz CT molecular complexity index is 1190. The summed E-state index contributed by atoms with van der Waals surface area (Å²) >= 11 is 1.64. The van der Waals surface area contributed by atoms with Gasteiger partial charge in [0.15, 0.2) is 5.58 Å².